The van der Waals surface area contributed by atoms with Crippen molar-refractivity contribution in [2.75, 3.05) is 24.5 Å². The molecule has 1 aliphatic rings. The zero-order valence-corrected chi connectivity index (χ0v) is 16.3. The molecule has 0 saturated carbocycles. The third-order valence-electron chi connectivity index (χ3n) is 4.97. The predicted molar refractivity (Wildman–Crippen MR) is 108 cm³/mol. The topological polar surface area (TPSA) is 58.6 Å². The first-order valence-electron chi connectivity index (χ1n) is 9.57. The maximum atomic E-state index is 13.4. The number of piperazine rings is 1. The highest BCUT2D eigenvalue weighted by Gasteiger charge is 2.28. The summed E-state index contributed by atoms with van der Waals surface area (Å²) in [5, 5.41) is 0. The second-order valence-electron chi connectivity index (χ2n) is 7.05. The van der Waals surface area contributed by atoms with E-state index in [4.69, 9.17) is 4.74 Å². The highest BCUT2D eigenvalue weighted by atomic mass is 19.2. The Hall–Kier alpha value is -3.55. The second-order valence-corrected chi connectivity index (χ2v) is 7.05. The number of carbonyl (C=O) groups excluding carboxylic acids is 1. The van der Waals surface area contributed by atoms with Crippen molar-refractivity contribution < 1.29 is 18.3 Å². The molecule has 0 aliphatic carbocycles. The zero-order chi connectivity index (χ0) is 21.1. The molecule has 3 aromatic rings. The number of carbonyl (C=O) groups is 1. The Kier molecular flexibility index (Phi) is 5.56. The normalized spacial score (nSPS) is 16.4. The monoisotopic (exact) mass is 410 g/mol. The molecule has 0 spiro atoms. The number of nitrogens with zero attached hydrogens (tertiary/aromatic N) is 4. The minimum absolute atomic E-state index is 0.00722. The lowest BCUT2D eigenvalue weighted by molar-refractivity contribution is 0.0673. The summed E-state index contributed by atoms with van der Waals surface area (Å²) in [6.45, 7) is 3.75. The Morgan fingerprint density at radius 3 is 2.57 bits per heavy atom. The number of rotatable bonds is 4. The molecule has 0 N–H and O–H groups in total. The van der Waals surface area contributed by atoms with Crippen LogP contribution in [0, 0.1) is 11.6 Å². The molecule has 2 aromatic carbocycles. The van der Waals surface area contributed by atoms with Gasteiger partial charge in [0.05, 0.1) is 0 Å². The van der Waals surface area contributed by atoms with Gasteiger partial charge in [-0.2, -0.15) is 0 Å². The molecule has 1 amide bonds. The van der Waals surface area contributed by atoms with Crippen molar-refractivity contribution >= 4 is 11.7 Å². The number of benzene rings is 2. The van der Waals surface area contributed by atoms with Gasteiger partial charge in [0.2, 0.25) is 5.88 Å². The Morgan fingerprint density at radius 1 is 1.03 bits per heavy atom. The average molecular weight is 410 g/mol. The molecule has 154 valence electrons. The lowest BCUT2D eigenvalue weighted by Gasteiger charge is -2.40. The molecule has 1 atom stereocenters. The third-order valence-corrected chi connectivity index (χ3v) is 4.97. The highest BCUT2D eigenvalue weighted by Crippen LogP contribution is 2.25. The van der Waals surface area contributed by atoms with Gasteiger partial charge >= 0.3 is 0 Å². The molecular weight excluding hydrogens is 390 g/mol. The largest absolute Gasteiger partial charge is 0.439 e. The van der Waals surface area contributed by atoms with Crippen LogP contribution < -0.4 is 9.64 Å². The smallest absolute Gasteiger partial charge is 0.254 e. The molecule has 6 nitrogen and oxygen atoms in total. The van der Waals surface area contributed by atoms with E-state index in [1.165, 1.54) is 12.4 Å². The van der Waals surface area contributed by atoms with Crippen LogP contribution in [0.2, 0.25) is 0 Å². The lowest BCUT2D eigenvalue weighted by Crippen LogP contribution is -2.54. The van der Waals surface area contributed by atoms with Gasteiger partial charge in [-0.3, -0.25) is 4.79 Å². The summed E-state index contributed by atoms with van der Waals surface area (Å²) in [6.07, 6.45) is 1.36. The van der Waals surface area contributed by atoms with Gasteiger partial charge in [-0.15, -0.1) is 0 Å². The zero-order valence-electron chi connectivity index (χ0n) is 16.3. The summed E-state index contributed by atoms with van der Waals surface area (Å²) in [5.41, 5.74) is 0.669. The first-order valence-corrected chi connectivity index (χ1v) is 9.57. The molecule has 1 unspecified atom stereocenters. The summed E-state index contributed by atoms with van der Waals surface area (Å²) in [7, 11) is 0. The molecule has 2 heterocycles. The molecule has 4 rings (SSSR count). The number of aromatic nitrogens is 2. The number of halogens is 2. The first-order chi connectivity index (χ1) is 14.5. The fraction of sp³-hybridized carbons (Fsp3) is 0.227. The van der Waals surface area contributed by atoms with Crippen molar-refractivity contribution in [2.45, 2.75) is 13.0 Å². The molecular formula is C22H20F2N4O2. The van der Waals surface area contributed by atoms with Gasteiger partial charge in [0.25, 0.3) is 5.91 Å². The van der Waals surface area contributed by atoms with Crippen molar-refractivity contribution in [1.82, 2.24) is 14.9 Å². The molecule has 1 aliphatic heterocycles. The van der Waals surface area contributed by atoms with Crippen LogP contribution in [0.25, 0.3) is 0 Å². The van der Waals surface area contributed by atoms with Crippen molar-refractivity contribution in [2.24, 2.45) is 0 Å². The quantitative estimate of drug-likeness (QED) is 0.653. The Balaban J connectivity index is 1.45. The molecule has 0 bridgehead atoms. The van der Waals surface area contributed by atoms with Crippen molar-refractivity contribution in [3.05, 3.63) is 78.1 Å². The van der Waals surface area contributed by atoms with E-state index >= 15 is 0 Å². The van der Waals surface area contributed by atoms with Crippen molar-refractivity contribution in [3.8, 4) is 11.6 Å². The number of amides is 1. The SMILES string of the molecule is CC1CN(c2cc(Oc3ccc(F)c(F)c3)ncn2)CCN1C(=O)c1ccccc1. The van der Waals surface area contributed by atoms with Gasteiger partial charge in [0, 0.05) is 43.4 Å². The Bertz CT molecular complexity index is 1050. The standard InChI is InChI=1S/C22H20F2N4O2/c1-15-13-27(9-10-28(15)22(29)16-5-3-2-4-6-16)20-12-21(26-14-25-20)30-17-7-8-18(23)19(24)11-17/h2-8,11-12,14-15H,9-10,13H2,1H3. The number of ether oxygens (including phenoxy) is 1. The molecule has 30 heavy (non-hydrogen) atoms. The Labute approximate surface area is 172 Å². The molecule has 1 aromatic heterocycles. The molecule has 8 heteroatoms. The fourth-order valence-electron chi connectivity index (χ4n) is 3.43. The minimum atomic E-state index is -0.991. The van der Waals surface area contributed by atoms with Crippen molar-refractivity contribution in [3.63, 3.8) is 0 Å². The van der Waals surface area contributed by atoms with Crippen LogP contribution in [0.5, 0.6) is 11.6 Å². The summed E-state index contributed by atoms with van der Waals surface area (Å²) < 4.78 is 32.0. The summed E-state index contributed by atoms with van der Waals surface area (Å²) in [5.74, 6) is -0.918. The number of anilines is 1. The maximum absolute atomic E-state index is 13.4. The van der Waals surface area contributed by atoms with Crippen LogP contribution in [0.1, 0.15) is 17.3 Å². The number of hydrogen-bond donors (Lipinski definition) is 0. The van der Waals surface area contributed by atoms with Gasteiger partial charge in [0.15, 0.2) is 11.6 Å². The second kappa shape index (κ2) is 8.44. The van der Waals surface area contributed by atoms with E-state index in [2.05, 4.69) is 9.97 Å². The van der Waals surface area contributed by atoms with Crippen LogP contribution in [-0.2, 0) is 0 Å². The van der Waals surface area contributed by atoms with Crippen LogP contribution in [-0.4, -0.2) is 46.5 Å². The van der Waals surface area contributed by atoms with Crippen LogP contribution >= 0.6 is 0 Å². The van der Waals surface area contributed by atoms with E-state index in [-0.39, 0.29) is 23.6 Å². The van der Waals surface area contributed by atoms with E-state index in [1.54, 1.807) is 6.07 Å². The predicted octanol–water partition coefficient (Wildman–Crippen LogP) is 3.90. The van der Waals surface area contributed by atoms with Gasteiger partial charge < -0.3 is 14.5 Å². The summed E-state index contributed by atoms with van der Waals surface area (Å²) in [6, 6.07) is 14.1. The third kappa shape index (κ3) is 4.22. The van der Waals surface area contributed by atoms with E-state index < -0.39 is 11.6 Å². The van der Waals surface area contributed by atoms with E-state index in [0.717, 1.165) is 12.1 Å². The van der Waals surface area contributed by atoms with Crippen LogP contribution in [0.15, 0.2) is 60.9 Å². The van der Waals surface area contributed by atoms with Gasteiger partial charge in [-0.25, -0.2) is 18.7 Å². The van der Waals surface area contributed by atoms with Crippen LogP contribution in [0.3, 0.4) is 0 Å². The highest BCUT2D eigenvalue weighted by molar-refractivity contribution is 5.94. The van der Waals surface area contributed by atoms with Crippen LogP contribution in [0.4, 0.5) is 14.6 Å². The van der Waals surface area contributed by atoms with Gasteiger partial charge in [-0.1, -0.05) is 18.2 Å². The molecule has 0 radical (unpaired) electrons. The van der Waals surface area contributed by atoms with E-state index in [0.29, 0.717) is 31.0 Å². The maximum Gasteiger partial charge on any atom is 0.254 e. The van der Waals surface area contributed by atoms with Gasteiger partial charge in [-0.05, 0) is 31.2 Å². The van der Waals surface area contributed by atoms with E-state index in [9.17, 15) is 13.6 Å². The van der Waals surface area contributed by atoms with E-state index in [1.807, 2.05) is 47.1 Å². The van der Waals surface area contributed by atoms with Crippen molar-refractivity contribution in [1.29, 1.82) is 0 Å². The van der Waals surface area contributed by atoms with Gasteiger partial charge in [0.1, 0.15) is 17.9 Å². The number of hydrogen-bond acceptors (Lipinski definition) is 5. The minimum Gasteiger partial charge on any atom is -0.439 e. The molecule has 1 saturated heterocycles. The Morgan fingerprint density at radius 2 is 1.83 bits per heavy atom. The lowest BCUT2D eigenvalue weighted by atomic mass is 10.1. The fourth-order valence-corrected chi connectivity index (χ4v) is 3.43. The molecule has 1 fully saturated rings. The first kappa shape index (κ1) is 19.8. The summed E-state index contributed by atoms with van der Waals surface area (Å²) in [4.78, 5) is 25.0. The average Bonchev–Trinajstić information content (AvgIpc) is 2.76. The summed E-state index contributed by atoms with van der Waals surface area (Å²) >= 11 is 0.